The van der Waals surface area contributed by atoms with Crippen LogP contribution in [0.4, 0.5) is 0 Å². The normalized spacial score (nSPS) is 15.8. The average molecular weight is 363 g/mol. The summed E-state index contributed by atoms with van der Waals surface area (Å²) in [5.41, 5.74) is -1.05. The highest BCUT2D eigenvalue weighted by atomic mass is 79.9. The molecule has 4 nitrogen and oxygen atoms in total. The van der Waals surface area contributed by atoms with Crippen LogP contribution in [0.5, 0.6) is 0 Å². The van der Waals surface area contributed by atoms with Gasteiger partial charge in [0.1, 0.15) is 4.21 Å². The molecule has 0 aliphatic heterocycles. The monoisotopic (exact) mass is 361 g/mol. The Morgan fingerprint density at radius 1 is 1.65 bits per heavy atom. The summed E-state index contributed by atoms with van der Waals surface area (Å²) in [6.45, 7) is 3.33. The van der Waals surface area contributed by atoms with Crippen LogP contribution in [0.25, 0.3) is 0 Å². The van der Waals surface area contributed by atoms with Crippen molar-refractivity contribution in [3.63, 3.8) is 0 Å². The number of aliphatic hydroxyl groups is 1. The number of sulfonamides is 1. The van der Waals surface area contributed by atoms with Crippen LogP contribution in [-0.4, -0.2) is 25.7 Å². The summed E-state index contributed by atoms with van der Waals surface area (Å²) in [6, 6.07) is 1.37. The fraction of sp³-hybridized carbons (Fsp3) is 0.556. The molecule has 0 amide bonds. The highest BCUT2D eigenvalue weighted by Gasteiger charge is 2.24. The van der Waals surface area contributed by atoms with E-state index in [0.29, 0.717) is 15.2 Å². The second-order valence-corrected chi connectivity index (χ2v) is 8.63. The van der Waals surface area contributed by atoms with Crippen LogP contribution in [-0.2, 0) is 10.0 Å². The van der Waals surface area contributed by atoms with Crippen LogP contribution in [0.2, 0.25) is 5.02 Å². The lowest BCUT2D eigenvalue weighted by atomic mass is 10.1. The molecule has 98 valence electrons. The van der Waals surface area contributed by atoms with Gasteiger partial charge in [0.25, 0.3) is 0 Å². The molecule has 2 N–H and O–H groups in total. The third-order valence-corrected chi connectivity index (χ3v) is 6.64. The van der Waals surface area contributed by atoms with Gasteiger partial charge in [-0.2, -0.15) is 0 Å². The van der Waals surface area contributed by atoms with E-state index in [2.05, 4.69) is 20.7 Å². The predicted molar refractivity (Wildman–Crippen MR) is 73.1 cm³/mol. The van der Waals surface area contributed by atoms with Gasteiger partial charge in [-0.25, -0.2) is 13.1 Å². The van der Waals surface area contributed by atoms with E-state index < -0.39 is 15.6 Å². The maximum absolute atomic E-state index is 11.9. The lowest BCUT2D eigenvalue weighted by Gasteiger charge is -2.21. The summed E-state index contributed by atoms with van der Waals surface area (Å²) in [7, 11) is -3.61. The minimum atomic E-state index is -3.61. The van der Waals surface area contributed by atoms with Crippen molar-refractivity contribution in [3.05, 3.63) is 14.9 Å². The molecule has 8 heteroatoms. The number of hydrogen-bond acceptors (Lipinski definition) is 4. The molecular weight excluding hydrogens is 350 g/mol. The highest BCUT2D eigenvalue weighted by molar-refractivity contribution is 9.11. The number of thiophene rings is 1. The van der Waals surface area contributed by atoms with E-state index in [1.807, 2.05) is 0 Å². The number of halogens is 2. The smallest absolute Gasteiger partial charge is 0.250 e. The Kier molecular flexibility index (Phi) is 5.02. The summed E-state index contributed by atoms with van der Waals surface area (Å²) in [5.74, 6) is 0. The van der Waals surface area contributed by atoms with Crippen molar-refractivity contribution in [2.45, 2.75) is 30.1 Å². The van der Waals surface area contributed by atoms with Crippen molar-refractivity contribution >= 4 is 48.9 Å². The van der Waals surface area contributed by atoms with Crippen LogP contribution in [0, 0.1) is 0 Å². The van der Waals surface area contributed by atoms with Gasteiger partial charge in [0.2, 0.25) is 10.0 Å². The minimum Gasteiger partial charge on any atom is -0.389 e. The summed E-state index contributed by atoms with van der Waals surface area (Å²) in [5, 5.41) is 10.1. The quantitative estimate of drug-likeness (QED) is 0.846. The zero-order chi connectivity index (χ0) is 13.3. The second kappa shape index (κ2) is 5.54. The van der Waals surface area contributed by atoms with Crippen molar-refractivity contribution in [1.82, 2.24) is 4.72 Å². The van der Waals surface area contributed by atoms with Gasteiger partial charge in [0, 0.05) is 6.54 Å². The first-order valence-electron chi connectivity index (χ1n) is 4.85. The van der Waals surface area contributed by atoms with E-state index in [-0.39, 0.29) is 10.8 Å². The van der Waals surface area contributed by atoms with E-state index in [4.69, 9.17) is 11.6 Å². The van der Waals surface area contributed by atoms with E-state index in [9.17, 15) is 13.5 Å². The van der Waals surface area contributed by atoms with E-state index in [0.717, 1.165) is 11.3 Å². The third kappa shape index (κ3) is 4.18. The van der Waals surface area contributed by atoms with Gasteiger partial charge in [-0.15, -0.1) is 11.3 Å². The Hall–Kier alpha value is 0.340. The molecule has 0 saturated heterocycles. The van der Waals surface area contributed by atoms with Crippen LogP contribution in [0.1, 0.15) is 20.3 Å². The van der Waals surface area contributed by atoms with E-state index in [1.165, 1.54) is 6.07 Å². The van der Waals surface area contributed by atoms with E-state index >= 15 is 0 Å². The fourth-order valence-corrected chi connectivity index (χ4v) is 4.51. The van der Waals surface area contributed by atoms with Gasteiger partial charge < -0.3 is 5.11 Å². The summed E-state index contributed by atoms with van der Waals surface area (Å²) in [6.07, 6.45) is 0.463. The maximum atomic E-state index is 11.9. The van der Waals surface area contributed by atoms with Crippen molar-refractivity contribution in [2.24, 2.45) is 0 Å². The third-order valence-electron chi connectivity index (χ3n) is 2.29. The van der Waals surface area contributed by atoms with Gasteiger partial charge >= 0.3 is 0 Å². The number of nitrogens with one attached hydrogen (secondary N) is 1. The Bertz CT molecular complexity index is 479. The Balaban J connectivity index is 2.83. The maximum Gasteiger partial charge on any atom is 0.250 e. The Morgan fingerprint density at radius 3 is 2.65 bits per heavy atom. The molecule has 0 radical (unpaired) electrons. The van der Waals surface area contributed by atoms with Gasteiger partial charge in [-0.1, -0.05) is 18.5 Å². The number of rotatable bonds is 5. The Labute approximate surface area is 118 Å². The second-order valence-electron chi connectivity index (χ2n) is 3.86. The van der Waals surface area contributed by atoms with E-state index in [1.54, 1.807) is 13.8 Å². The molecule has 1 rings (SSSR count). The van der Waals surface area contributed by atoms with Gasteiger partial charge in [0.05, 0.1) is 14.4 Å². The molecule has 1 heterocycles. The van der Waals surface area contributed by atoms with Crippen LogP contribution < -0.4 is 4.72 Å². The number of hydrogen-bond donors (Lipinski definition) is 2. The largest absolute Gasteiger partial charge is 0.389 e. The first kappa shape index (κ1) is 15.4. The van der Waals surface area contributed by atoms with Gasteiger partial charge in [-0.3, -0.25) is 0 Å². The fourth-order valence-electron chi connectivity index (χ4n) is 0.906. The molecule has 1 aromatic heterocycles. The molecule has 0 bridgehead atoms. The topological polar surface area (TPSA) is 66.4 Å². The molecular formula is C9H13BrClNO3S2. The molecule has 0 aromatic carbocycles. The average Bonchev–Trinajstić information content (AvgIpc) is 2.58. The summed E-state index contributed by atoms with van der Waals surface area (Å²) in [4.78, 5) is 0. The predicted octanol–water partition coefficient (Wildman–Crippen LogP) is 2.60. The SMILES string of the molecule is CCC(C)(O)CNS(=O)(=O)c1cc(Cl)c(Br)s1. The zero-order valence-corrected chi connectivity index (χ0v) is 13.3. The van der Waals surface area contributed by atoms with Crippen molar-refractivity contribution in [2.75, 3.05) is 6.54 Å². The molecule has 17 heavy (non-hydrogen) atoms. The lowest BCUT2D eigenvalue weighted by Crippen LogP contribution is -2.39. The van der Waals surface area contributed by atoms with Crippen LogP contribution in [0.3, 0.4) is 0 Å². The molecule has 0 aliphatic rings. The van der Waals surface area contributed by atoms with Crippen LogP contribution in [0.15, 0.2) is 14.1 Å². The molecule has 0 fully saturated rings. The van der Waals surface area contributed by atoms with Gasteiger partial charge in [-0.05, 0) is 35.3 Å². The summed E-state index contributed by atoms with van der Waals surface area (Å²) >= 11 is 9.96. The molecule has 0 saturated carbocycles. The first-order chi connectivity index (χ1) is 7.68. The molecule has 1 aromatic rings. The molecule has 1 atom stereocenters. The van der Waals surface area contributed by atoms with Crippen molar-refractivity contribution in [1.29, 1.82) is 0 Å². The standard InChI is InChI=1S/C9H13BrClNO3S2/c1-3-9(2,13)5-12-17(14,15)7-4-6(11)8(10)16-7/h4,12-13H,3,5H2,1-2H3. The first-order valence-corrected chi connectivity index (χ1v) is 8.32. The molecule has 1 unspecified atom stereocenters. The van der Waals surface area contributed by atoms with Crippen molar-refractivity contribution < 1.29 is 13.5 Å². The van der Waals surface area contributed by atoms with Crippen molar-refractivity contribution in [3.8, 4) is 0 Å². The highest BCUT2D eigenvalue weighted by Crippen LogP contribution is 2.34. The molecule has 0 spiro atoms. The van der Waals surface area contributed by atoms with Gasteiger partial charge in [0.15, 0.2) is 0 Å². The molecule has 0 aliphatic carbocycles. The zero-order valence-electron chi connectivity index (χ0n) is 9.33. The summed E-state index contributed by atoms with van der Waals surface area (Å²) < 4.78 is 26.8. The lowest BCUT2D eigenvalue weighted by molar-refractivity contribution is 0.0614. The minimum absolute atomic E-state index is 0.0288. The Morgan fingerprint density at radius 2 is 2.24 bits per heavy atom. The van der Waals surface area contributed by atoms with Crippen LogP contribution >= 0.6 is 38.9 Å².